The summed E-state index contributed by atoms with van der Waals surface area (Å²) in [5.74, 6) is 1.21. The van der Waals surface area contributed by atoms with Crippen molar-refractivity contribution < 1.29 is 9.47 Å². The van der Waals surface area contributed by atoms with Gasteiger partial charge in [0.1, 0.15) is 5.69 Å². The molecule has 0 saturated heterocycles. The molecule has 0 aliphatic rings. The molecule has 0 bridgehead atoms. The van der Waals surface area contributed by atoms with Crippen molar-refractivity contribution in [2.45, 2.75) is 20.3 Å². The molecule has 0 amide bonds. The first kappa shape index (κ1) is 20.7. The molecule has 8 heteroatoms. The van der Waals surface area contributed by atoms with Crippen LogP contribution in [0.3, 0.4) is 0 Å². The van der Waals surface area contributed by atoms with E-state index in [9.17, 15) is 9.59 Å². The Labute approximate surface area is 182 Å². The number of aryl methyl sites for hydroxylation is 1. The summed E-state index contributed by atoms with van der Waals surface area (Å²) in [5.41, 5.74) is 2.35. The summed E-state index contributed by atoms with van der Waals surface area (Å²) in [6, 6.07) is 13.3. The van der Waals surface area contributed by atoms with Gasteiger partial charge in [0, 0.05) is 6.42 Å². The van der Waals surface area contributed by atoms with Gasteiger partial charge in [-0.25, -0.2) is 0 Å². The SMILES string of the molecule is CCOc1ccc(/C=c2/sc3nc(=O)c(Cc4ccc(C)cc4)nn3c2=O)cc1OC. The molecule has 0 fully saturated rings. The first-order chi connectivity index (χ1) is 15.0. The average Bonchev–Trinajstić information content (AvgIpc) is 3.05. The van der Waals surface area contributed by atoms with Crippen molar-refractivity contribution >= 4 is 22.4 Å². The van der Waals surface area contributed by atoms with Gasteiger partial charge in [-0.1, -0.05) is 47.2 Å². The summed E-state index contributed by atoms with van der Waals surface area (Å²) in [6.07, 6.45) is 2.05. The van der Waals surface area contributed by atoms with E-state index in [0.717, 1.165) is 28.0 Å². The topological polar surface area (TPSA) is 82.8 Å². The van der Waals surface area contributed by atoms with E-state index in [-0.39, 0.29) is 16.2 Å². The Bertz CT molecular complexity index is 1410. The molecule has 2 aromatic carbocycles. The van der Waals surface area contributed by atoms with Crippen LogP contribution in [0.2, 0.25) is 0 Å². The highest BCUT2D eigenvalue weighted by Gasteiger charge is 2.12. The van der Waals surface area contributed by atoms with Crippen LogP contribution in [0, 0.1) is 6.92 Å². The van der Waals surface area contributed by atoms with Gasteiger partial charge in [0.2, 0.25) is 4.96 Å². The summed E-state index contributed by atoms with van der Waals surface area (Å²) < 4.78 is 12.5. The lowest BCUT2D eigenvalue weighted by atomic mass is 10.1. The van der Waals surface area contributed by atoms with Crippen molar-refractivity contribution in [2.24, 2.45) is 0 Å². The number of hydrogen-bond donors (Lipinski definition) is 0. The maximum Gasteiger partial charge on any atom is 0.296 e. The molecule has 31 heavy (non-hydrogen) atoms. The number of benzene rings is 2. The third-order valence-corrected chi connectivity index (χ3v) is 5.69. The monoisotopic (exact) mass is 435 g/mol. The first-order valence-electron chi connectivity index (χ1n) is 9.79. The fraction of sp³-hybridized carbons (Fsp3) is 0.217. The molecule has 0 spiro atoms. The van der Waals surface area contributed by atoms with Crippen LogP contribution in [0.15, 0.2) is 52.1 Å². The zero-order valence-corrected chi connectivity index (χ0v) is 18.2. The van der Waals surface area contributed by atoms with Crippen LogP contribution in [-0.2, 0) is 6.42 Å². The molecule has 4 aromatic rings. The Morgan fingerprint density at radius 1 is 1.10 bits per heavy atom. The fourth-order valence-electron chi connectivity index (χ4n) is 3.15. The zero-order valence-electron chi connectivity index (χ0n) is 17.4. The molecular formula is C23H21N3O4S. The molecule has 0 aliphatic carbocycles. The van der Waals surface area contributed by atoms with Gasteiger partial charge in [0.05, 0.1) is 18.2 Å². The highest BCUT2D eigenvalue weighted by atomic mass is 32.1. The van der Waals surface area contributed by atoms with E-state index in [0.29, 0.717) is 29.1 Å². The van der Waals surface area contributed by atoms with E-state index in [1.54, 1.807) is 25.3 Å². The van der Waals surface area contributed by atoms with Gasteiger partial charge in [0.15, 0.2) is 11.5 Å². The normalized spacial score (nSPS) is 11.8. The van der Waals surface area contributed by atoms with Crippen molar-refractivity contribution in [1.82, 2.24) is 14.6 Å². The Morgan fingerprint density at radius 3 is 2.58 bits per heavy atom. The summed E-state index contributed by atoms with van der Waals surface area (Å²) in [7, 11) is 1.56. The van der Waals surface area contributed by atoms with Crippen LogP contribution in [0.1, 0.15) is 29.3 Å². The second-order valence-electron chi connectivity index (χ2n) is 6.98. The van der Waals surface area contributed by atoms with Crippen LogP contribution in [-0.4, -0.2) is 28.3 Å². The third kappa shape index (κ3) is 4.34. The maximum absolute atomic E-state index is 12.9. The molecule has 158 valence electrons. The summed E-state index contributed by atoms with van der Waals surface area (Å²) in [6.45, 7) is 4.42. The first-order valence-corrected chi connectivity index (χ1v) is 10.6. The molecule has 0 N–H and O–H groups in total. The minimum atomic E-state index is -0.420. The molecule has 0 unspecified atom stereocenters. The number of ether oxygens (including phenoxy) is 2. The average molecular weight is 436 g/mol. The minimum absolute atomic E-state index is 0.241. The van der Waals surface area contributed by atoms with E-state index in [1.165, 1.54) is 4.52 Å². The van der Waals surface area contributed by atoms with Gasteiger partial charge in [-0.3, -0.25) is 9.59 Å². The number of methoxy groups -OCH3 is 1. The van der Waals surface area contributed by atoms with E-state index in [2.05, 4.69) is 10.1 Å². The second-order valence-corrected chi connectivity index (χ2v) is 7.99. The summed E-state index contributed by atoms with van der Waals surface area (Å²) in [5, 5.41) is 4.30. The predicted octanol–water partition coefficient (Wildman–Crippen LogP) is 2.37. The molecule has 0 atom stereocenters. The van der Waals surface area contributed by atoms with E-state index in [1.807, 2.05) is 44.2 Å². The lowest BCUT2D eigenvalue weighted by Crippen LogP contribution is -2.28. The van der Waals surface area contributed by atoms with Crippen LogP contribution < -0.4 is 25.1 Å². The fourth-order valence-corrected chi connectivity index (χ4v) is 4.06. The van der Waals surface area contributed by atoms with Crippen LogP contribution >= 0.6 is 11.3 Å². The van der Waals surface area contributed by atoms with Crippen LogP contribution in [0.25, 0.3) is 11.0 Å². The third-order valence-electron chi connectivity index (χ3n) is 4.73. The lowest BCUT2D eigenvalue weighted by Gasteiger charge is -2.09. The Kier molecular flexibility index (Phi) is 5.81. The molecule has 2 heterocycles. The van der Waals surface area contributed by atoms with Gasteiger partial charge in [-0.15, -0.1) is 0 Å². The minimum Gasteiger partial charge on any atom is -0.493 e. The number of aromatic nitrogens is 3. The number of fused-ring (bicyclic) bond motifs is 1. The highest BCUT2D eigenvalue weighted by molar-refractivity contribution is 7.15. The standard InChI is InChI=1S/C23H21N3O4S/c1-4-30-18-10-9-16(12-19(18)29-3)13-20-22(28)26-23(31-20)24-21(27)17(25-26)11-15-7-5-14(2)6-8-15/h5-10,12-13H,4,11H2,1-3H3/b20-13+. The van der Waals surface area contributed by atoms with E-state index < -0.39 is 5.56 Å². The summed E-state index contributed by atoms with van der Waals surface area (Å²) in [4.78, 5) is 29.7. The quantitative estimate of drug-likeness (QED) is 0.462. The van der Waals surface area contributed by atoms with E-state index in [4.69, 9.17) is 9.47 Å². The highest BCUT2D eigenvalue weighted by Crippen LogP contribution is 2.28. The lowest BCUT2D eigenvalue weighted by molar-refractivity contribution is 0.311. The Hall–Kier alpha value is -3.52. The van der Waals surface area contributed by atoms with E-state index >= 15 is 0 Å². The predicted molar refractivity (Wildman–Crippen MR) is 120 cm³/mol. The van der Waals surface area contributed by atoms with Crippen molar-refractivity contribution in [3.63, 3.8) is 0 Å². The number of thiazole rings is 1. The summed E-state index contributed by atoms with van der Waals surface area (Å²) >= 11 is 1.13. The van der Waals surface area contributed by atoms with Gasteiger partial charge in [-0.2, -0.15) is 14.6 Å². The number of hydrogen-bond acceptors (Lipinski definition) is 7. The molecular weight excluding hydrogens is 414 g/mol. The maximum atomic E-state index is 12.9. The molecule has 0 aliphatic heterocycles. The zero-order chi connectivity index (χ0) is 22.0. The molecule has 0 radical (unpaired) electrons. The van der Waals surface area contributed by atoms with Crippen molar-refractivity contribution in [1.29, 1.82) is 0 Å². The molecule has 7 nitrogen and oxygen atoms in total. The van der Waals surface area contributed by atoms with Gasteiger partial charge in [-0.05, 0) is 43.2 Å². The Balaban J connectivity index is 1.75. The van der Waals surface area contributed by atoms with Gasteiger partial charge >= 0.3 is 0 Å². The molecule has 0 saturated carbocycles. The van der Waals surface area contributed by atoms with Crippen LogP contribution in [0.5, 0.6) is 11.5 Å². The molecule has 2 aromatic heterocycles. The number of rotatable bonds is 6. The van der Waals surface area contributed by atoms with Crippen molar-refractivity contribution in [3.05, 3.63) is 90.1 Å². The largest absolute Gasteiger partial charge is 0.493 e. The van der Waals surface area contributed by atoms with Crippen molar-refractivity contribution in [2.75, 3.05) is 13.7 Å². The number of nitrogens with zero attached hydrogens (tertiary/aromatic N) is 3. The van der Waals surface area contributed by atoms with Gasteiger partial charge in [0.25, 0.3) is 11.1 Å². The molecule has 4 rings (SSSR count). The van der Waals surface area contributed by atoms with Crippen molar-refractivity contribution in [3.8, 4) is 11.5 Å². The Morgan fingerprint density at radius 2 is 1.87 bits per heavy atom. The smallest absolute Gasteiger partial charge is 0.296 e. The van der Waals surface area contributed by atoms with Gasteiger partial charge < -0.3 is 9.47 Å². The van der Waals surface area contributed by atoms with Crippen LogP contribution in [0.4, 0.5) is 0 Å². The second kappa shape index (κ2) is 8.69.